The predicted octanol–water partition coefficient (Wildman–Crippen LogP) is 4.28. The molecule has 0 fully saturated rings. The fraction of sp³-hybridized carbons (Fsp3) is 0.647. The second kappa shape index (κ2) is 5.88. The molecule has 0 aliphatic carbocycles. The van der Waals surface area contributed by atoms with Crippen molar-refractivity contribution in [2.75, 3.05) is 6.54 Å². The standard InChI is InChI=1S/C17H29N/c1-14(2)17(6,13-18-16(3,4)5)12-15-10-8-7-9-11-15/h7-11,14,18H,12-13H2,1-6H3. The Kier molecular flexibility index (Phi) is 4.98. The summed E-state index contributed by atoms with van der Waals surface area (Å²) in [5.41, 5.74) is 1.92. The van der Waals surface area contributed by atoms with Crippen LogP contribution in [0.5, 0.6) is 0 Å². The molecule has 1 nitrogen and oxygen atoms in total. The first-order valence-corrected chi connectivity index (χ1v) is 7.02. The smallest absolute Gasteiger partial charge is 0.00967 e. The van der Waals surface area contributed by atoms with E-state index in [9.17, 15) is 0 Å². The molecule has 1 aromatic carbocycles. The molecule has 0 saturated carbocycles. The third-order valence-corrected chi connectivity index (χ3v) is 3.87. The molecule has 0 aromatic heterocycles. The number of nitrogens with one attached hydrogen (secondary N) is 1. The molecule has 1 aromatic rings. The second-order valence-electron chi connectivity index (χ2n) is 7.07. The van der Waals surface area contributed by atoms with Gasteiger partial charge in [0, 0.05) is 12.1 Å². The highest BCUT2D eigenvalue weighted by Crippen LogP contribution is 2.31. The van der Waals surface area contributed by atoms with Crippen LogP contribution in [0.1, 0.15) is 47.1 Å². The van der Waals surface area contributed by atoms with Gasteiger partial charge in [0.1, 0.15) is 0 Å². The second-order valence-corrected chi connectivity index (χ2v) is 7.07. The Labute approximate surface area is 113 Å². The Morgan fingerprint density at radius 1 is 1.00 bits per heavy atom. The zero-order valence-electron chi connectivity index (χ0n) is 12.9. The first kappa shape index (κ1) is 15.2. The zero-order chi connectivity index (χ0) is 13.8. The lowest BCUT2D eigenvalue weighted by molar-refractivity contribution is 0.188. The molecule has 1 unspecified atom stereocenters. The van der Waals surface area contributed by atoms with E-state index in [-0.39, 0.29) is 5.54 Å². The van der Waals surface area contributed by atoms with Gasteiger partial charge in [-0.3, -0.25) is 0 Å². The van der Waals surface area contributed by atoms with E-state index in [1.54, 1.807) is 0 Å². The molecular formula is C17H29N. The van der Waals surface area contributed by atoms with Crippen molar-refractivity contribution in [1.82, 2.24) is 5.32 Å². The minimum absolute atomic E-state index is 0.187. The summed E-state index contributed by atoms with van der Waals surface area (Å²) in [5.74, 6) is 0.660. The Hall–Kier alpha value is -0.820. The molecule has 0 amide bonds. The first-order valence-electron chi connectivity index (χ1n) is 7.02. The van der Waals surface area contributed by atoms with Gasteiger partial charge in [-0.25, -0.2) is 0 Å². The normalized spacial score (nSPS) is 15.7. The van der Waals surface area contributed by atoms with Crippen molar-refractivity contribution >= 4 is 0 Å². The van der Waals surface area contributed by atoms with Crippen LogP contribution in [0.2, 0.25) is 0 Å². The summed E-state index contributed by atoms with van der Waals surface area (Å²) in [6.45, 7) is 14.8. The van der Waals surface area contributed by atoms with E-state index in [0.717, 1.165) is 13.0 Å². The summed E-state index contributed by atoms with van der Waals surface area (Å²) >= 11 is 0. The highest BCUT2D eigenvalue weighted by Gasteiger charge is 2.29. The molecule has 0 saturated heterocycles. The average Bonchev–Trinajstić information content (AvgIpc) is 2.27. The van der Waals surface area contributed by atoms with E-state index in [4.69, 9.17) is 0 Å². The van der Waals surface area contributed by atoms with Crippen LogP contribution in [0.3, 0.4) is 0 Å². The molecule has 1 N–H and O–H groups in total. The maximum Gasteiger partial charge on any atom is 0.00967 e. The first-order chi connectivity index (χ1) is 8.23. The SMILES string of the molecule is CC(C)C(C)(CNC(C)(C)C)Cc1ccccc1. The lowest BCUT2D eigenvalue weighted by atomic mass is 9.74. The average molecular weight is 247 g/mol. The van der Waals surface area contributed by atoms with Gasteiger partial charge in [0.15, 0.2) is 0 Å². The molecule has 0 bridgehead atoms. The number of benzene rings is 1. The van der Waals surface area contributed by atoms with Crippen molar-refractivity contribution in [2.24, 2.45) is 11.3 Å². The van der Waals surface area contributed by atoms with Crippen LogP contribution >= 0.6 is 0 Å². The van der Waals surface area contributed by atoms with Crippen molar-refractivity contribution in [2.45, 2.75) is 53.5 Å². The van der Waals surface area contributed by atoms with E-state index in [2.05, 4.69) is 77.2 Å². The molecule has 0 aliphatic rings. The van der Waals surface area contributed by atoms with Crippen molar-refractivity contribution in [3.05, 3.63) is 35.9 Å². The maximum atomic E-state index is 3.66. The van der Waals surface area contributed by atoms with Crippen LogP contribution in [-0.4, -0.2) is 12.1 Å². The van der Waals surface area contributed by atoms with Crippen LogP contribution in [0.25, 0.3) is 0 Å². The monoisotopic (exact) mass is 247 g/mol. The lowest BCUT2D eigenvalue weighted by Gasteiger charge is -2.37. The van der Waals surface area contributed by atoms with Gasteiger partial charge in [-0.2, -0.15) is 0 Å². The van der Waals surface area contributed by atoms with Gasteiger partial charge in [0.25, 0.3) is 0 Å². The van der Waals surface area contributed by atoms with E-state index < -0.39 is 0 Å². The quantitative estimate of drug-likeness (QED) is 0.819. The molecule has 0 aliphatic heterocycles. The third kappa shape index (κ3) is 4.81. The lowest BCUT2D eigenvalue weighted by Crippen LogP contribution is -2.45. The summed E-state index contributed by atoms with van der Waals surface area (Å²) in [5, 5.41) is 3.66. The van der Waals surface area contributed by atoms with E-state index in [1.165, 1.54) is 5.56 Å². The number of hydrogen-bond donors (Lipinski definition) is 1. The van der Waals surface area contributed by atoms with Crippen LogP contribution in [0, 0.1) is 11.3 Å². The largest absolute Gasteiger partial charge is 0.312 e. The zero-order valence-corrected chi connectivity index (χ0v) is 12.9. The van der Waals surface area contributed by atoms with Gasteiger partial charge < -0.3 is 5.32 Å². The van der Waals surface area contributed by atoms with Gasteiger partial charge in [0.2, 0.25) is 0 Å². The minimum atomic E-state index is 0.187. The molecule has 0 radical (unpaired) electrons. The van der Waals surface area contributed by atoms with Gasteiger partial charge in [-0.15, -0.1) is 0 Å². The summed E-state index contributed by atoms with van der Waals surface area (Å²) in [6.07, 6.45) is 1.13. The Balaban J connectivity index is 2.75. The summed E-state index contributed by atoms with van der Waals surface area (Å²) < 4.78 is 0. The van der Waals surface area contributed by atoms with Crippen molar-refractivity contribution in [1.29, 1.82) is 0 Å². The summed E-state index contributed by atoms with van der Waals surface area (Å²) in [6, 6.07) is 10.8. The Bertz CT molecular complexity index is 348. The van der Waals surface area contributed by atoms with Gasteiger partial charge >= 0.3 is 0 Å². The van der Waals surface area contributed by atoms with Crippen LogP contribution in [0.4, 0.5) is 0 Å². The number of rotatable bonds is 5. The Morgan fingerprint density at radius 3 is 2.00 bits per heavy atom. The van der Waals surface area contributed by atoms with Crippen LogP contribution in [-0.2, 0) is 6.42 Å². The minimum Gasteiger partial charge on any atom is -0.312 e. The number of hydrogen-bond acceptors (Lipinski definition) is 1. The van der Waals surface area contributed by atoms with E-state index in [0.29, 0.717) is 11.3 Å². The molecule has 0 spiro atoms. The van der Waals surface area contributed by atoms with E-state index >= 15 is 0 Å². The van der Waals surface area contributed by atoms with Crippen molar-refractivity contribution < 1.29 is 0 Å². The van der Waals surface area contributed by atoms with Crippen LogP contribution in [0.15, 0.2) is 30.3 Å². The highest BCUT2D eigenvalue weighted by atomic mass is 15.0. The highest BCUT2D eigenvalue weighted by molar-refractivity contribution is 5.16. The molecular weight excluding hydrogens is 218 g/mol. The molecule has 1 rings (SSSR count). The van der Waals surface area contributed by atoms with Crippen molar-refractivity contribution in [3.63, 3.8) is 0 Å². The maximum absolute atomic E-state index is 3.66. The molecule has 1 atom stereocenters. The van der Waals surface area contributed by atoms with Gasteiger partial charge in [-0.05, 0) is 44.1 Å². The van der Waals surface area contributed by atoms with Gasteiger partial charge in [0.05, 0.1) is 0 Å². The third-order valence-electron chi connectivity index (χ3n) is 3.87. The predicted molar refractivity (Wildman–Crippen MR) is 80.8 cm³/mol. The topological polar surface area (TPSA) is 12.0 Å². The summed E-state index contributed by atoms with van der Waals surface area (Å²) in [4.78, 5) is 0. The molecule has 0 heterocycles. The van der Waals surface area contributed by atoms with E-state index in [1.807, 2.05) is 0 Å². The fourth-order valence-corrected chi connectivity index (χ4v) is 2.00. The van der Waals surface area contributed by atoms with Crippen molar-refractivity contribution in [3.8, 4) is 0 Å². The molecule has 102 valence electrons. The molecule has 18 heavy (non-hydrogen) atoms. The summed E-state index contributed by atoms with van der Waals surface area (Å²) in [7, 11) is 0. The van der Waals surface area contributed by atoms with Crippen LogP contribution < -0.4 is 5.32 Å². The van der Waals surface area contributed by atoms with Gasteiger partial charge in [-0.1, -0.05) is 51.1 Å². The fourth-order valence-electron chi connectivity index (χ4n) is 2.00. The Morgan fingerprint density at radius 2 is 1.56 bits per heavy atom. The molecule has 1 heteroatoms.